The van der Waals surface area contributed by atoms with Gasteiger partial charge in [-0.15, -0.1) is 4.83 Å². The molecule has 0 bridgehead atoms. The fourth-order valence-corrected chi connectivity index (χ4v) is 4.07. The second kappa shape index (κ2) is 7.91. The second-order valence-corrected chi connectivity index (χ2v) is 8.66. The zero-order chi connectivity index (χ0) is 20.4. The quantitative estimate of drug-likeness (QED) is 0.372. The van der Waals surface area contributed by atoms with Crippen LogP contribution in [0.3, 0.4) is 0 Å². The normalized spacial score (nSPS) is 11.7. The molecule has 2 aromatic carbocycles. The SMILES string of the molecule is CNNS(=O)(=O)c1ccc(Nc2cc(-c3ccccc3)nc3c(Br)cnn23)cc1. The van der Waals surface area contributed by atoms with Crippen LogP contribution in [-0.4, -0.2) is 30.1 Å². The van der Waals surface area contributed by atoms with E-state index in [9.17, 15) is 8.42 Å². The number of aromatic nitrogens is 3. The van der Waals surface area contributed by atoms with Crippen LogP contribution in [0, 0.1) is 0 Å². The van der Waals surface area contributed by atoms with Gasteiger partial charge in [-0.2, -0.15) is 9.61 Å². The molecule has 148 valence electrons. The zero-order valence-corrected chi connectivity index (χ0v) is 17.7. The summed E-state index contributed by atoms with van der Waals surface area (Å²) in [5.41, 5.74) is 5.58. The van der Waals surface area contributed by atoms with Crippen molar-refractivity contribution in [3.05, 3.63) is 71.3 Å². The molecular formula is C19H17BrN6O2S. The van der Waals surface area contributed by atoms with Gasteiger partial charge >= 0.3 is 0 Å². The summed E-state index contributed by atoms with van der Waals surface area (Å²) >= 11 is 3.49. The summed E-state index contributed by atoms with van der Waals surface area (Å²) in [5, 5.41) is 7.65. The lowest BCUT2D eigenvalue weighted by Gasteiger charge is -2.12. The first-order chi connectivity index (χ1) is 14.0. The average molecular weight is 473 g/mol. The van der Waals surface area contributed by atoms with E-state index < -0.39 is 10.0 Å². The summed E-state index contributed by atoms with van der Waals surface area (Å²) in [7, 11) is -2.10. The van der Waals surface area contributed by atoms with E-state index in [4.69, 9.17) is 4.98 Å². The molecule has 0 aliphatic rings. The Balaban J connectivity index is 1.72. The Morgan fingerprint density at radius 3 is 2.45 bits per heavy atom. The van der Waals surface area contributed by atoms with Crippen molar-refractivity contribution >= 4 is 43.1 Å². The van der Waals surface area contributed by atoms with Crippen molar-refractivity contribution in [2.24, 2.45) is 0 Å². The molecule has 0 aliphatic carbocycles. The summed E-state index contributed by atoms with van der Waals surface area (Å²) in [4.78, 5) is 7.08. The number of hydrogen-bond acceptors (Lipinski definition) is 6. The van der Waals surface area contributed by atoms with E-state index in [1.165, 1.54) is 19.2 Å². The fourth-order valence-electron chi connectivity index (χ4n) is 2.84. The van der Waals surface area contributed by atoms with E-state index in [0.717, 1.165) is 15.7 Å². The minimum Gasteiger partial charge on any atom is -0.340 e. The van der Waals surface area contributed by atoms with Crippen LogP contribution in [0.15, 0.2) is 76.2 Å². The number of fused-ring (bicyclic) bond motifs is 1. The smallest absolute Gasteiger partial charge is 0.253 e. The van der Waals surface area contributed by atoms with Crippen LogP contribution in [0.1, 0.15) is 0 Å². The molecule has 0 saturated heterocycles. The predicted molar refractivity (Wildman–Crippen MR) is 115 cm³/mol. The van der Waals surface area contributed by atoms with Crippen LogP contribution in [0.2, 0.25) is 0 Å². The molecule has 4 rings (SSSR count). The molecule has 0 saturated carbocycles. The highest BCUT2D eigenvalue weighted by Gasteiger charge is 2.14. The second-order valence-electron chi connectivity index (χ2n) is 6.13. The number of halogens is 1. The van der Waals surface area contributed by atoms with Crippen molar-refractivity contribution in [3.8, 4) is 11.3 Å². The van der Waals surface area contributed by atoms with Gasteiger partial charge in [0.25, 0.3) is 10.0 Å². The monoisotopic (exact) mass is 472 g/mol. The third kappa shape index (κ3) is 4.01. The van der Waals surface area contributed by atoms with Gasteiger partial charge in [0.05, 0.1) is 21.3 Å². The average Bonchev–Trinajstić information content (AvgIpc) is 3.10. The number of hydrazine groups is 1. The van der Waals surface area contributed by atoms with Crippen molar-refractivity contribution in [1.29, 1.82) is 0 Å². The lowest BCUT2D eigenvalue weighted by Crippen LogP contribution is -2.34. The van der Waals surface area contributed by atoms with Crippen LogP contribution in [0.25, 0.3) is 16.9 Å². The topological polar surface area (TPSA) is 100 Å². The van der Waals surface area contributed by atoms with E-state index in [1.54, 1.807) is 22.8 Å². The molecule has 0 unspecified atom stereocenters. The summed E-state index contributed by atoms with van der Waals surface area (Å²) < 4.78 is 26.6. The first-order valence-electron chi connectivity index (χ1n) is 8.63. The Morgan fingerprint density at radius 1 is 1.03 bits per heavy atom. The van der Waals surface area contributed by atoms with Crippen molar-refractivity contribution in [3.63, 3.8) is 0 Å². The number of sulfonamides is 1. The molecule has 0 fully saturated rings. The lowest BCUT2D eigenvalue weighted by molar-refractivity contribution is 0.570. The van der Waals surface area contributed by atoms with Gasteiger partial charge in [0.15, 0.2) is 5.65 Å². The van der Waals surface area contributed by atoms with Gasteiger partial charge in [-0.1, -0.05) is 30.3 Å². The van der Waals surface area contributed by atoms with E-state index in [-0.39, 0.29) is 4.90 Å². The van der Waals surface area contributed by atoms with Gasteiger partial charge in [-0.25, -0.2) is 18.8 Å². The van der Waals surface area contributed by atoms with Crippen molar-refractivity contribution < 1.29 is 8.42 Å². The first-order valence-corrected chi connectivity index (χ1v) is 10.9. The number of nitrogens with zero attached hydrogens (tertiary/aromatic N) is 3. The fraction of sp³-hybridized carbons (Fsp3) is 0.0526. The van der Waals surface area contributed by atoms with Crippen LogP contribution in [0.5, 0.6) is 0 Å². The molecule has 8 nitrogen and oxygen atoms in total. The van der Waals surface area contributed by atoms with Gasteiger partial charge < -0.3 is 5.32 Å². The van der Waals surface area contributed by atoms with Gasteiger partial charge in [-0.05, 0) is 47.2 Å². The maximum Gasteiger partial charge on any atom is 0.253 e. The maximum absolute atomic E-state index is 12.1. The number of anilines is 2. The van der Waals surface area contributed by atoms with Crippen molar-refractivity contribution in [1.82, 2.24) is 24.9 Å². The third-order valence-electron chi connectivity index (χ3n) is 4.17. The highest BCUT2D eigenvalue weighted by atomic mass is 79.9. The van der Waals surface area contributed by atoms with E-state index >= 15 is 0 Å². The Bertz CT molecular complexity index is 1260. The number of rotatable bonds is 6. The molecule has 4 aromatic rings. The Kier molecular flexibility index (Phi) is 5.33. The molecule has 0 spiro atoms. The first kappa shape index (κ1) is 19.5. The summed E-state index contributed by atoms with van der Waals surface area (Å²) in [6.45, 7) is 0. The van der Waals surface area contributed by atoms with Gasteiger partial charge in [0.1, 0.15) is 5.82 Å². The van der Waals surface area contributed by atoms with Gasteiger partial charge in [-0.3, -0.25) is 0 Å². The molecule has 29 heavy (non-hydrogen) atoms. The van der Waals surface area contributed by atoms with Crippen molar-refractivity contribution in [2.75, 3.05) is 12.4 Å². The highest BCUT2D eigenvalue weighted by molar-refractivity contribution is 9.10. The van der Waals surface area contributed by atoms with Crippen LogP contribution in [-0.2, 0) is 10.0 Å². The van der Waals surface area contributed by atoms with Crippen molar-refractivity contribution in [2.45, 2.75) is 4.90 Å². The molecule has 2 heterocycles. The highest BCUT2D eigenvalue weighted by Crippen LogP contribution is 2.27. The van der Waals surface area contributed by atoms with Crippen LogP contribution >= 0.6 is 15.9 Å². The van der Waals surface area contributed by atoms with Crippen LogP contribution < -0.4 is 15.6 Å². The molecule has 10 heteroatoms. The molecule has 0 aliphatic heterocycles. The largest absolute Gasteiger partial charge is 0.340 e. The van der Waals surface area contributed by atoms with E-state index in [2.05, 4.69) is 36.6 Å². The van der Waals surface area contributed by atoms with Gasteiger partial charge in [0.2, 0.25) is 0 Å². The van der Waals surface area contributed by atoms with E-state index in [1.807, 2.05) is 36.4 Å². The minimum atomic E-state index is -3.60. The third-order valence-corrected chi connectivity index (χ3v) is 6.10. The number of nitrogens with one attached hydrogen (secondary N) is 3. The summed E-state index contributed by atoms with van der Waals surface area (Å²) in [6.07, 6.45) is 1.68. The molecule has 0 atom stereocenters. The maximum atomic E-state index is 12.1. The van der Waals surface area contributed by atoms with Gasteiger partial charge in [0, 0.05) is 17.3 Å². The Morgan fingerprint density at radius 2 is 1.76 bits per heavy atom. The standard InChI is InChI=1S/C19H17BrN6O2S/c1-21-25-29(27,28)15-9-7-14(8-10-15)23-18-11-17(13-5-3-2-4-6-13)24-19-16(20)12-22-26(18)19/h2-12,21,23,25H,1H3. The Hall–Kier alpha value is -2.79. The summed E-state index contributed by atoms with van der Waals surface area (Å²) in [5.74, 6) is 0.698. The molecule has 2 aromatic heterocycles. The number of benzene rings is 2. The summed E-state index contributed by atoms with van der Waals surface area (Å²) in [6, 6.07) is 18.2. The van der Waals surface area contributed by atoms with E-state index in [0.29, 0.717) is 17.2 Å². The Labute approximate surface area is 176 Å². The number of hydrogen-bond donors (Lipinski definition) is 3. The molecule has 0 radical (unpaired) electrons. The van der Waals surface area contributed by atoms with Crippen LogP contribution in [0.4, 0.5) is 11.5 Å². The lowest BCUT2D eigenvalue weighted by atomic mass is 10.1. The minimum absolute atomic E-state index is 0.157. The zero-order valence-electron chi connectivity index (χ0n) is 15.3. The predicted octanol–water partition coefficient (Wildman–Crippen LogP) is 3.32. The molecular weight excluding hydrogens is 456 g/mol. The molecule has 0 amide bonds. The molecule has 3 N–H and O–H groups in total.